The highest BCUT2D eigenvalue weighted by molar-refractivity contribution is 7.18. The highest BCUT2D eigenvalue weighted by Gasteiger charge is 2.25. The molecule has 0 amide bonds. The monoisotopic (exact) mass is 448 g/mol. The molecule has 0 atom stereocenters. The fourth-order valence-corrected chi connectivity index (χ4v) is 4.88. The van der Waals surface area contributed by atoms with Crippen LogP contribution in [0.15, 0.2) is 11.0 Å². The van der Waals surface area contributed by atoms with E-state index in [1.807, 2.05) is 18.9 Å². The molecule has 31 heavy (non-hydrogen) atoms. The number of rotatable bonds is 9. The van der Waals surface area contributed by atoms with E-state index in [1.54, 1.807) is 4.57 Å². The van der Waals surface area contributed by atoms with Gasteiger partial charge in [0.25, 0.3) is 5.56 Å². The number of fused-ring (bicyclic) bond motifs is 3. The van der Waals surface area contributed by atoms with Gasteiger partial charge in [-0.1, -0.05) is 5.21 Å². The van der Waals surface area contributed by atoms with Gasteiger partial charge in [0.2, 0.25) is 0 Å². The number of carboxylic acid groups (broad SMARTS) is 1. The van der Waals surface area contributed by atoms with E-state index < -0.39 is 5.97 Å². The number of nitrogens with zero attached hydrogens (tertiary/aromatic N) is 6. The van der Waals surface area contributed by atoms with Gasteiger partial charge in [-0.3, -0.25) is 19.0 Å². The van der Waals surface area contributed by atoms with Crippen molar-refractivity contribution < 1.29 is 19.5 Å². The zero-order chi connectivity index (χ0) is 22.0. The van der Waals surface area contributed by atoms with Crippen molar-refractivity contribution >= 4 is 27.5 Å². The zero-order valence-electron chi connectivity index (χ0n) is 17.4. The van der Waals surface area contributed by atoms with E-state index >= 15 is 0 Å². The molecular formula is C19H24N6O5S. The van der Waals surface area contributed by atoms with Crippen LogP contribution in [0.25, 0.3) is 10.2 Å². The minimum absolute atomic E-state index is 0.138. The molecule has 1 aliphatic heterocycles. The number of carboxylic acids is 1. The maximum absolute atomic E-state index is 13.5. The van der Waals surface area contributed by atoms with Crippen LogP contribution >= 0.6 is 11.3 Å². The number of ether oxygens (including phenoxy) is 1. The number of hydroxylamine groups is 2. The van der Waals surface area contributed by atoms with E-state index in [0.29, 0.717) is 47.9 Å². The van der Waals surface area contributed by atoms with Crippen molar-refractivity contribution in [2.75, 3.05) is 19.8 Å². The molecule has 166 valence electrons. The summed E-state index contributed by atoms with van der Waals surface area (Å²) in [5.74, 6) is -0.507. The van der Waals surface area contributed by atoms with Gasteiger partial charge in [0.15, 0.2) is 0 Å². The number of thiophene rings is 1. The molecule has 0 saturated carbocycles. The molecule has 12 heteroatoms. The first-order valence-electron chi connectivity index (χ1n) is 10.1. The molecule has 11 nitrogen and oxygen atoms in total. The van der Waals surface area contributed by atoms with Crippen molar-refractivity contribution in [2.45, 2.75) is 46.5 Å². The summed E-state index contributed by atoms with van der Waals surface area (Å²) < 4.78 is 8.32. The van der Waals surface area contributed by atoms with Crippen LogP contribution in [-0.4, -0.2) is 60.4 Å². The third-order valence-electron chi connectivity index (χ3n) is 4.95. The molecule has 0 aliphatic carbocycles. The lowest BCUT2D eigenvalue weighted by molar-refractivity contribution is -0.164. The average molecular weight is 449 g/mol. The smallest absolute Gasteiger partial charge is 0.325 e. The van der Waals surface area contributed by atoms with Crippen molar-refractivity contribution in [2.24, 2.45) is 0 Å². The predicted octanol–water partition coefficient (Wildman–Crippen LogP) is 1.03. The van der Waals surface area contributed by atoms with Gasteiger partial charge in [0.05, 0.1) is 31.3 Å². The third kappa shape index (κ3) is 4.51. The topological polar surface area (TPSA) is 125 Å². The van der Waals surface area contributed by atoms with E-state index in [4.69, 9.17) is 19.7 Å². The van der Waals surface area contributed by atoms with Gasteiger partial charge in [0, 0.05) is 18.0 Å². The summed E-state index contributed by atoms with van der Waals surface area (Å²) >= 11 is 1.52. The summed E-state index contributed by atoms with van der Waals surface area (Å²) in [7, 11) is 0. The maximum Gasteiger partial charge on any atom is 0.325 e. The number of carbonyl (C=O) groups is 1. The van der Waals surface area contributed by atoms with Gasteiger partial charge < -0.3 is 9.84 Å². The molecule has 3 aromatic heterocycles. The third-order valence-corrected chi connectivity index (χ3v) is 6.07. The summed E-state index contributed by atoms with van der Waals surface area (Å²) in [6.07, 6.45) is 2.24. The summed E-state index contributed by atoms with van der Waals surface area (Å²) in [4.78, 5) is 36.6. The molecule has 1 aliphatic rings. The molecule has 4 heterocycles. The largest absolute Gasteiger partial charge is 0.480 e. The van der Waals surface area contributed by atoms with Crippen molar-refractivity contribution in [1.29, 1.82) is 0 Å². The van der Waals surface area contributed by atoms with Crippen molar-refractivity contribution in [3.05, 3.63) is 38.5 Å². The molecule has 0 spiro atoms. The Hall–Kier alpha value is -2.67. The van der Waals surface area contributed by atoms with Crippen molar-refractivity contribution in [3.8, 4) is 0 Å². The second kappa shape index (κ2) is 9.22. The van der Waals surface area contributed by atoms with E-state index in [1.165, 1.54) is 22.2 Å². The minimum atomic E-state index is -1.01. The lowest BCUT2D eigenvalue weighted by atomic mass is 10.1. The van der Waals surface area contributed by atoms with Crippen LogP contribution in [0.4, 0.5) is 0 Å². The van der Waals surface area contributed by atoms with Crippen molar-refractivity contribution in [3.63, 3.8) is 0 Å². The fraction of sp³-hybridized carbons (Fsp3) is 0.526. The van der Waals surface area contributed by atoms with E-state index in [-0.39, 0.29) is 25.3 Å². The summed E-state index contributed by atoms with van der Waals surface area (Å²) in [6.45, 7) is 6.32. The van der Waals surface area contributed by atoms with Gasteiger partial charge in [-0.15, -0.1) is 16.4 Å². The lowest BCUT2D eigenvalue weighted by Gasteiger charge is -2.25. The average Bonchev–Trinajstić information content (AvgIpc) is 3.32. The molecule has 0 saturated heterocycles. The molecule has 3 aromatic rings. The molecule has 0 unspecified atom stereocenters. The normalized spacial score (nSPS) is 14.3. The predicted molar refractivity (Wildman–Crippen MR) is 112 cm³/mol. The zero-order valence-corrected chi connectivity index (χ0v) is 18.2. The Morgan fingerprint density at radius 3 is 2.90 bits per heavy atom. The summed E-state index contributed by atoms with van der Waals surface area (Å²) in [5, 5.41) is 19.3. The molecule has 0 radical (unpaired) electrons. The first kappa shape index (κ1) is 21.6. The van der Waals surface area contributed by atoms with Gasteiger partial charge in [-0.2, -0.15) is 5.06 Å². The SMILES string of the molecule is CCOCc1nc2sc3c(c2c(=O)n1Cc1cn(CC(=O)O)nn1)CCN(OCC)C3. The number of hydrogen-bond donors (Lipinski definition) is 1. The van der Waals surface area contributed by atoms with Crippen LogP contribution in [0, 0.1) is 0 Å². The second-order valence-electron chi connectivity index (χ2n) is 7.07. The van der Waals surface area contributed by atoms with Crippen LogP contribution in [0.2, 0.25) is 0 Å². The molecule has 1 N–H and O–H groups in total. The van der Waals surface area contributed by atoms with Gasteiger partial charge in [0.1, 0.15) is 29.5 Å². The second-order valence-corrected chi connectivity index (χ2v) is 8.16. The standard InChI is InChI=1S/C19H24N6O5S/c1-3-29-11-15-20-18-17(13-5-6-24(30-4-2)9-14(13)31-18)19(28)25(15)8-12-7-23(22-21-12)10-16(26)27/h7H,3-6,8-11H2,1-2H3,(H,26,27). The maximum atomic E-state index is 13.5. The Bertz CT molecular complexity index is 1150. The van der Waals surface area contributed by atoms with Gasteiger partial charge in [-0.25, -0.2) is 9.67 Å². The van der Waals surface area contributed by atoms with Crippen LogP contribution in [-0.2, 0) is 47.0 Å². The molecule has 0 fully saturated rings. The summed E-state index contributed by atoms with van der Waals surface area (Å²) in [5.41, 5.74) is 1.36. The van der Waals surface area contributed by atoms with E-state index in [2.05, 4.69) is 10.3 Å². The van der Waals surface area contributed by atoms with Crippen LogP contribution < -0.4 is 5.56 Å². The molecule has 0 aromatic carbocycles. The first-order valence-corrected chi connectivity index (χ1v) is 10.9. The summed E-state index contributed by atoms with van der Waals surface area (Å²) in [6, 6.07) is 0. The number of hydrogen-bond acceptors (Lipinski definition) is 9. The minimum Gasteiger partial charge on any atom is -0.480 e. The van der Waals surface area contributed by atoms with Crippen molar-refractivity contribution in [1.82, 2.24) is 29.6 Å². The van der Waals surface area contributed by atoms with Gasteiger partial charge >= 0.3 is 5.97 Å². The quantitative estimate of drug-likeness (QED) is 0.511. The Morgan fingerprint density at radius 1 is 1.32 bits per heavy atom. The van der Waals surface area contributed by atoms with Gasteiger partial charge in [-0.05, 0) is 25.8 Å². The first-order chi connectivity index (χ1) is 15.0. The Morgan fingerprint density at radius 2 is 2.16 bits per heavy atom. The highest BCUT2D eigenvalue weighted by atomic mass is 32.1. The van der Waals surface area contributed by atoms with E-state index in [9.17, 15) is 9.59 Å². The fourth-order valence-electron chi connectivity index (χ4n) is 3.64. The Kier molecular flexibility index (Phi) is 6.41. The molecule has 4 rings (SSSR count). The highest BCUT2D eigenvalue weighted by Crippen LogP contribution is 2.32. The number of aliphatic carboxylic acids is 1. The van der Waals surface area contributed by atoms with Crippen LogP contribution in [0.1, 0.15) is 35.8 Å². The lowest BCUT2D eigenvalue weighted by Crippen LogP contribution is -2.31. The molecule has 0 bridgehead atoms. The molecular weight excluding hydrogens is 424 g/mol. The Labute approximate surface area is 181 Å². The van der Waals surface area contributed by atoms with Crippen LogP contribution in [0.5, 0.6) is 0 Å². The van der Waals surface area contributed by atoms with E-state index in [0.717, 1.165) is 17.0 Å². The van der Waals surface area contributed by atoms with Crippen LogP contribution in [0.3, 0.4) is 0 Å². The Balaban J connectivity index is 1.74. The number of aromatic nitrogens is 5.